The highest BCUT2D eigenvalue weighted by Gasteiger charge is 2.30. The van der Waals surface area contributed by atoms with Gasteiger partial charge in [0.15, 0.2) is 11.5 Å². The average Bonchev–Trinajstić information content (AvgIpc) is 3.36. The molecular weight excluding hydrogens is 521 g/mol. The molecule has 0 N–H and O–H groups in total. The Morgan fingerprint density at radius 2 is 1.93 bits per heavy atom. The number of allylic oxidation sites excluding steroid dienone is 1. The zero-order chi connectivity index (χ0) is 29.1. The Hall–Kier alpha value is -4.71. The van der Waals surface area contributed by atoms with E-state index in [9.17, 15) is 14.4 Å². The van der Waals surface area contributed by atoms with Gasteiger partial charge in [0.25, 0.3) is 5.91 Å². The molecule has 1 aliphatic rings. The maximum Gasteiger partial charge on any atom is 0.264 e. The Kier molecular flexibility index (Phi) is 7.75. The minimum Gasteiger partial charge on any atom is -0.494 e. The molecule has 1 aliphatic heterocycles. The lowest BCUT2D eigenvalue weighted by atomic mass is 9.92. The molecule has 1 atom stereocenters. The number of halogens is 1. The fourth-order valence-corrected chi connectivity index (χ4v) is 5.11. The molecule has 0 radical (unpaired) electrons. The number of benzene rings is 2. The predicted octanol–water partition coefficient (Wildman–Crippen LogP) is 6.54. The number of hydrogen-bond acceptors (Lipinski definition) is 6. The number of ether oxygens (including phenoxy) is 2. The second kappa shape index (κ2) is 11.4. The number of methoxy groups -OCH3 is 1. The number of carbonyl (C=O) groups is 1. The van der Waals surface area contributed by atoms with E-state index in [-0.39, 0.29) is 34.3 Å². The van der Waals surface area contributed by atoms with Crippen LogP contribution >= 0.6 is 0 Å². The number of likely N-dealkylation sites (tertiary alicyclic amines) is 1. The van der Waals surface area contributed by atoms with Gasteiger partial charge in [-0.15, -0.1) is 0 Å². The summed E-state index contributed by atoms with van der Waals surface area (Å²) < 4.78 is 27.4. The number of amides is 1. The summed E-state index contributed by atoms with van der Waals surface area (Å²) in [7, 11) is 1.41. The van der Waals surface area contributed by atoms with E-state index >= 15 is 0 Å². The Morgan fingerprint density at radius 1 is 1.17 bits per heavy atom. The molecule has 2 aromatic carbocycles. The van der Waals surface area contributed by atoms with Gasteiger partial charge >= 0.3 is 0 Å². The normalized spacial score (nSPS) is 16.0. The van der Waals surface area contributed by atoms with Crippen LogP contribution in [0.5, 0.6) is 17.2 Å². The minimum atomic E-state index is -0.564. The second-order valence-corrected chi connectivity index (χ2v) is 11.2. The summed E-state index contributed by atoms with van der Waals surface area (Å²) >= 11 is 0. The van der Waals surface area contributed by atoms with Crippen LogP contribution in [0.4, 0.5) is 4.39 Å². The van der Waals surface area contributed by atoms with Crippen LogP contribution in [0, 0.1) is 22.6 Å². The molecule has 0 spiro atoms. The quantitative estimate of drug-likeness (QED) is 0.199. The summed E-state index contributed by atoms with van der Waals surface area (Å²) in [4.78, 5) is 24.4. The van der Waals surface area contributed by atoms with Gasteiger partial charge in [-0.3, -0.25) is 14.2 Å². The van der Waals surface area contributed by atoms with Crippen molar-refractivity contribution in [3.05, 3.63) is 84.3 Å². The standard InChI is InChI=1S/C32H32FN5O3/c1-32(2,3)17-23(18-34)31(39)37-15-6-7-22(20-37)30-36-29(25-19-35-14-16-38(25)30)21-10-12-24(13-11-21)41-27-9-5-8-26(40-4)28(27)33/h5,8-14,16-17,19,22H,6-7,15,20H2,1-4H3/b23-17+. The lowest BCUT2D eigenvalue weighted by Crippen LogP contribution is -2.40. The zero-order valence-electron chi connectivity index (χ0n) is 23.6. The van der Waals surface area contributed by atoms with E-state index in [2.05, 4.69) is 11.1 Å². The Labute approximate surface area is 238 Å². The highest BCUT2D eigenvalue weighted by atomic mass is 19.1. The molecule has 1 saturated heterocycles. The van der Waals surface area contributed by atoms with Crippen LogP contribution in [0.1, 0.15) is 45.4 Å². The SMILES string of the molecule is COc1cccc(Oc2ccc(-c3nc(C4CCCN(C(=O)/C(C#N)=C/C(C)(C)C)C4)n4ccncc34)cc2)c1F. The molecule has 8 nitrogen and oxygen atoms in total. The van der Waals surface area contributed by atoms with Crippen molar-refractivity contribution >= 4 is 11.4 Å². The third-order valence-corrected chi connectivity index (χ3v) is 6.98. The third-order valence-electron chi connectivity index (χ3n) is 6.98. The molecule has 0 aliphatic carbocycles. The van der Waals surface area contributed by atoms with Gasteiger partial charge in [0.1, 0.15) is 23.2 Å². The van der Waals surface area contributed by atoms with Crippen molar-refractivity contribution in [2.75, 3.05) is 20.2 Å². The van der Waals surface area contributed by atoms with E-state index < -0.39 is 5.82 Å². The van der Waals surface area contributed by atoms with Crippen molar-refractivity contribution < 1.29 is 18.7 Å². The number of nitrogens with zero attached hydrogens (tertiary/aromatic N) is 5. The first kappa shape index (κ1) is 27.8. The first-order valence-corrected chi connectivity index (χ1v) is 13.5. The van der Waals surface area contributed by atoms with E-state index in [1.54, 1.807) is 47.6 Å². The average molecular weight is 554 g/mol. The van der Waals surface area contributed by atoms with Crippen molar-refractivity contribution in [2.24, 2.45) is 5.41 Å². The van der Waals surface area contributed by atoms with Crippen LogP contribution in [0.2, 0.25) is 0 Å². The van der Waals surface area contributed by atoms with Crippen molar-refractivity contribution in [3.63, 3.8) is 0 Å². The number of hydrogen-bond donors (Lipinski definition) is 0. The molecule has 4 aromatic rings. The Morgan fingerprint density at radius 3 is 2.63 bits per heavy atom. The van der Waals surface area contributed by atoms with Crippen LogP contribution in [0.15, 0.2) is 72.7 Å². The lowest BCUT2D eigenvalue weighted by Gasteiger charge is -2.32. The van der Waals surface area contributed by atoms with Gasteiger partial charge in [0.2, 0.25) is 5.82 Å². The number of nitriles is 1. The molecule has 0 saturated carbocycles. The summed E-state index contributed by atoms with van der Waals surface area (Å²) in [6.07, 6.45) is 8.79. The highest BCUT2D eigenvalue weighted by Crippen LogP contribution is 2.35. The first-order valence-electron chi connectivity index (χ1n) is 13.5. The molecule has 210 valence electrons. The minimum absolute atomic E-state index is 0.00966. The van der Waals surface area contributed by atoms with Crippen LogP contribution in [0.25, 0.3) is 16.8 Å². The fraction of sp³-hybridized carbons (Fsp3) is 0.312. The van der Waals surface area contributed by atoms with E-state index in [0.29, 0.717) is 18.8 Å². The van der Waals surface area contributed by atoms with Crippen LogP contribution in [0.3, 0.4) is 0 Å². The lowest BCUT2D eigenvalue weighted by molar-refractivity contribution is -0.128. The third kappa shape index (κ3) is 5.92. The molecule has 1 amide bonds. The van der Waals surface area contributed by atoms with E-state index in [4.69, 9.17) is 14.5 Å². The predicted molar refractivity (Wildman–Crippen MR) is 153 cm³/mol. The van der Waals surface area contributed by atoms with Gasteiger partial charge in [0, 0.05) is 37.0 Å². The molecule has 41 heavy (non-hydrogen) atoms. The second-order valence-electron chi connectivity index (χ2n) is 11.2. The smallest absolute Gasteiger partial charge is 0.264 e. The highest BCUT2D eigenvalue weighted by molar-refractivity contribution is 5.97. The van der Waals surface area contributed by atoms with Crippen molar-refractivity contribution in [1.82, 2.24) is 19.3 Å². The van der Waals surface area contributed by atoms with Gasteiger partial charge in [-0.25, -0.2) is 4.98 Å². The Bertz CT molecular complexity index is 1650. The molecule has 3 heterocycles. The fourth-order valence-electron chi connectivity index (χ4n) is 5.11. The van der Waals surface area contributed by atoms with Gasteiger partial charge in [-0.05, 0) is 54.7 Å². The van der Waals surface area contributed by atoms with Gasteiger partial charge < -0.3 is 14.4 Å². The summed E-state index contributed by atoms with van der Waals surface area (Å²) in [5, 5.41) is 9.66. The van der Waals surface area contributed by atoms with E-state index in [0.717, 1.165) is 35.4 Å². The number of rotatable bonds is 6. The molecule has 9 heteroatoms. The number of aromatic nitrogens is 3. The monoisotopic (exact) mass is 553 g/mol. The van der Waals surface area contributed by atoms with Crippen LogP contribution in [-0.2, 0) is 4.79 Å². The Balaban J connectivity index is 1.42. The molecule has 5 rings (SSSR count). The number of imidazole rings is 1. The van der Waals surface area contributed by atoms with E-state index in [1.165, 1.54) is 13.2 Å². The number of piperidine rings is 1. The van der Waals surface area contributed by atoms with Crippen molar-refractivity contribution in [1.29, 1.82) is 5.26 Å². The summed E-state index contributed by atoms with van der Waals surface area (Å²) in [5.74, 6) is 0.686. The van der Waals surface area contributed by atoms with Gasteiger partial charge in [-0.2, -0.15) is 9.65 Å². The molecule has 1 unspecified atom stereocenters. The summed E-state index contributed by atoms with van der Waals surface area (Å²) in [6, 6.07) is 14.1. The van der Waals surface area contributed by atoms with E-state index in [1.807, 2.05) is 43.5 Å². The maximum atomic E-state index is 14.6. The first-order chi connectivity index (χ1) is 19.7. The van der Waals surface area contributed by atoms with Gasteiger partial charge in [-0.1, -0.05) is 32.9 Å². The van der Waals surface area contributed by atoms with Crippen LogP contribution in [-0.4, -0.2) is 45.4 Å². The maximum absolute atomic E-state index is 14.6. The molecule has 0 bridgehead atoms. The molecule has 1 fully saturated rings. The van der Waals surface area contributed by atoms with Gasteiger partial charge in [0.05, 0.1) is 24.5 Å². The topological polar surface area (TPSA) is 92.8 Å². The van der Waals surface area contributed by atoms with Crippen LogP contribution < -0.4 is 9.47 Å². The zero-order valence-corrected chi connectivity index (χ0v) is 23.6. The van der Waals surface area contributed by atoms with Crippen molar-refractivity contribution in [3.8, 4) is 34.6 Å². The molecular formula is C32H32FN5O3. The number of carbonyl (C=O) groups excluding carboxylic acids is 1. The number of fused-ring (bicyclic) bond motifs is 1. The summed E-state index contributed by atoms with van der Waals surface area (Å²) in [5.41, 5.74) is 2.33. The van der Waals surface area contributed by atoms with Crippen molar-refractivity contribution in [2.45, 2.75) is 39.5 Å². The largest absolute Gasteiger partial charge is 0.494 e. The molecule has 2 aromatic heterocycles. The summed E-state index contributed by atoms with van der Waals surface area (Å²) in [6.45, 7) is 6.99.